The average Bonchev–Trinajstić information content (AvgIpc) is 3.05. The van der Waals surface area contributed by atoms with E-state index >= 15 is 0 Å². The van der Waals surface area contributed by atoms with Crippen LogP contribution in [0.4, 0.5) is 0 Å². The number of aliphatic hydroxyl groups is 1. The maximum atomic E-state index is 12.0. The van der Waals surface area contributed by atoms with E-state index in [2.05, 4.69) is 6.58 Å². The second-order valence-electron chi connectivity index (χ2n) is 7.21. The molecule has 0 aromatic rings. The van der Waals surface area contributed by atoms with Crippen LogP contribution < -0.4 is 0 Å². The average molecular weight is 324 g/mol. The lowest BCUT2D eigenvalue weighted by atomic mass is 9.78. The molecule has 0 amide bonds. The van der Waals surface area contributed by atoms with E-state index in [1.54, 1.807) is 0 Å². The van der Waals surface area contributed by atoms with Crippen molar-refractivity contribution in [2.24, 2.45) is 11.8 Å². The van der Waals surface area contributed by atoms with Crippen molar-refractivity contribution >= 4 is 11.9 Å². The highest BCUT2D eigenvalue weighted by molar-refractivity contribution is 5.91. The molecule has 1 aliphatic carbocycles. The summed E-state index contributed by atoms with van der Waals surface area (Å²) in [5.74, 6) is -1.56. The van der Waals surface area contributed by atoms with Crippen LogP contribution in [-0.2, 0) is 23.8 Å². The van der Waals surface area contributed by atoms with Gasteiger partial charge in [0.25, 0.3) is 0 Å². The lowest BCUT2D eigenvalue weighted by Gasteiger charge is -2.33. The molecule has 0 bridgehead atoms. The van der Waals surface area contributed by atoms with Crippen LogP contribution in [0.15, 0.2) is 12.2 Å². The lowest BCUT2D eigenvalue weighted by Crippen LogP contribution is -2.46. The highest BCUT2D eigenvalue weighted by Crippen LogP contribution is 2.49. The number of aliphatic hydroxyl groups excluding tert-OH is 1. The smallest absolute Gasteiger partial charge is 0.334 e. The molecule has 23 heavy (non-hydrogen) atoms. The fourth-order valence-electron chi connectivity index (χ4n) is 3.99. The zero-order chi connectivity index (χ0) is 16.9. The summed E-state index contributed by atoms with van der Waals surface area (Å²) < 4.78 is 16.6. The van der Waals surface area contributed by atoms with Crippen molar-refractivity contribution in [1.82, 2.24) is 0 Å². The van der Waals surface area contributed by atoms with E-state index in [0.717, 1.165) is 19.3 Å². The number of carbonyl (C=O) groups excluding carboxylic acids is 2. The molecule has 3 rings (SSSR count). The summed E-state index contributed by atoms with van der Waals surface area (Å²) in [4.78, 5) is 23.5. The van der Waals surface area contributed by atoms with Crippen LogP contribution in [0.2, 0.25) is 0 Å². The number of carbonyl (C=O) groups is 2. The fourth-order valence-corrected chi connectivity index (χ4v) is 3.99. The van der Waals surface area contributed by atoms with Crippen molar-refractivity contribution < 1.29 is 28.9 Å². The Balaban J connectivity index is 1.94. The maximum Gasteiger partial charge on any atom is 0.334 e. The first-order chi connectivity index (χ1) is 10.7. The van der Waals surface area contributed by atoms with Crippen molar-refractivity contribution in [2.45, 2.75) is 70.1 Å². The number of epoxide rings is 1. The largest absolute Gasteiger partial charge is 0.458 e. The van der Waals surface area contributed by atoms with Gasteiger partial charge < -0.3 is 19.3 Å². The minimum atomic E-state index is -0.896. The van der Waals surface area contributed by atoms with Gasteiger partial charge in [-0.1, -0.05) is 19.9 Å². The molecule has 1 saturated carbocycles. The van der Waals surface area contributed by atoms with E-state index in [1.165, 1.54) is 6.92 Å². The first-order valence-corrected chi connectivity index (χ1v) is 8.17. The number of hydrogen-bond acceptors (Lipinski definition) is 6. The molecule has 2 heterocycles. The van der Waals surface area contributed by atoms with Crippen LogP contribution in [0.5, 0.6) is 0 Å². The van der Waals surface area contributed by atoms with Crippen LogP contribution in [-0.4, -0.2) is 47.1 Å². The molecule has 0 aromatic heterocycles. The van der Waals surface area contributed by atoms with Gasteiger partial charge in [-0.25, -0.2) is 4.79 Å². The standard InChI is InChI=1S/C17H24O6/c1-8-6-5-7-17(4)15(23-17)12(19)11-9(2)16(20)22-14(11)13(8)21-10(3)18/h8,11-15,19H,2,5-7H2,1,3-4H3. The molecule has 3 fully saturated rings. The van der Waals surface area contributed by atoms with Crippen LogP contribution >= 0.6 is 0 Å². The normalized spacial score (nSPS) is 46.4. The van der Waals surface area contributed by atoms with Gasteiger partial charge in [-0.05, 0) is 25.7 Å². The molecule has 2 aliphatic heterocycles. The first-order valence-electron chi connectivity index (χ1n) is 8.17. The quantitative estimate of drug-likeness (QED) is 0.445. The maximum absolute atomic E-state index is 12.0. The van der Waals surface area contributed by atoms with Crippen molar-refractivity contribution in [3.8, 4) is 0 Å². The van der Waals surface area contributed by atoms with Crippen molar-refractivity contribution in [3.05, 3.63) is 12.2 Å². The number of fused-ring (bicyclic) bond motifs is 2. The van der Waals surface area contributed by atoms with Crippen LogP contribution in [0.25, 0.3) is 0 Å². The van der Waals surface area contributed by atoms with Gasteiger partial charge in [-0.2, -0.15) is 0 Å². The molecule has 0 radical (unpaired) electrons. The van der Waals surface area contributed by atoms with Gasteiger partial charge in [-0.3, -0.25) is 4.79 Å². The molecule has 6 heteroatoms. The Morgan fingerprint density at radius 3 is 2.83 bits per heavy atom. The van der Waals surface area contributed by atoms with Gasteiger partial charge in [0, 0.05) is 12.5 Å². The Bertz CT molecular complexity index is 543. The monoisotopic (exact) mass is 324 g/mol. The molecule has 7 atom stereocenters. The second-order valence-corrected chi connectivity index (χ2v) is 7.21. The number of rotatable bonds is 1. The predicted molar refractivity (Wildman–Crippen MR) is 80.4 cm³/mol. The Kier molecular flexibility index (Phi) is 4.01. The van der Waals surface area contributed by atoms with Gasteiger partial charge in [0.1, 0.15) is 18.3 Å². The molecule has 0 aromatic carbocycles. The highest BCUT2D eigenvalue weighted by Gasteiger charge is 2.62. The Morgan fingerprint density at radius 1 is 1.48 bits per heavy atom. The summed E-state index contributed by atoms with van der Waals surface area (Å²) in [5, 5.41) is 10.7. The number of esters is 2. The van der Waals surface area contributed by atoms with E-state index < -0.39 is 36.2 Å². The van der Waals surface area contributed by atoms with Crippen molar-refractivity contribution in [1.29, 1.82) is 0 Å². The molecule has 128 valence electrons. The summed E-state index contributed by atoms with van der Waals surface area (Å²) in [6, 6.07) is 0. The minimum Gasteiger partial charge on any atom is -0.458 e. The minimum absolute atomic E-state index is 0.0104. The summed E-state index contributed by atoms with van der Waals surface area (Å²) in [7, 11) is 0. The van der Waals surface area contributed by atoms with Gasteiger partial charge >= 0.3 is 11.9 Å². The van der Waals surface area contributed by atoms with Crippen molar-refractivity contribution in [2.75, 3.05) is 0 Å². The third-order valence-electron chi connectivity index (χ3n) is 5.40. The molecule has 1 N–H and O–H groups in total. The SMILES string of the molecule is C=C1C(=O)OC2C(OC(C)=O)C(C)CCCC3(C)OC3C(O)C12. The molecule has 7 unspecified atom stereocenters. The Hall–Kier alpha value is -1.40. The van der Waals surface area contributed by atoms with Gasteiger partial charge in [-0.15, -0.1) is 0 Å². The molecular weight excluding hydrogens is 300 g/mol. The molecular formula is C17H24O6. The number of hydrogen-bond donors (Lipinski definition) is 1. The zero-order valence-electron chi connectivity index (χ0n) is 13.8. The summed E-state index contributed by atoms with van der Waals surface area (Å²) in [6.07, 6.45) is 0.0106. The van der Waals surface area contributed by atoms with Crippen LogP contribution in [0.1, 0.15) is 40.0 Å². The second kappa shape index (κ2) is 5.60. The fraction of sp³-hybridized carbons (Fsp3) is 0.765. The van der Waals surface area contributed by atoms with E-state index in [4.69, 9.17) is 14.2 Å². The van der Waals surface area contributed by atoms with E-state index in [-0.39, 0.29) is 23.2 Å². The molecule has 2 saturated heterocycles. The van der Waals surface area contributed by atoms with Crippen LogP contribution in [0, 0.1) is 11.8 Å². The molecule has 0 spiro atoms. The molecule has 3 aliphatic rings. The van der Waals surface area contributed by atoms with Crippen molar-refractivity contribution in [3.63, 3.8) is 0 Å². The first kappa shape index (κ1) is 16.5. The summed E-state index contributed by atoms with van der Waals surface area (Å²) in [5.41, 5.74) is -0.130. The number of ether oxygens (including phenoxy) is 3. The Labute approximate surface area is 135 Å². The lowest BCUT2D eigenvalue weighted by molar-refractivity contribution is -0.167. The summed E-state index contributed by atoms with van der Waals surface area (Å²) in [6.45, 7) is 9.07. The van der Waals surface area contributed by atoms with E-state index in [1.807, 2.05) is 13.8 Å². The van der Waals surface area contributed by atoms with Gasteiger partial charge in [0.2, 0.25) is 0 Å². The predicted octanol–water partition coefficient (Wildman–Crippen LogP) is 1.35. The summed E-state index contributed by atoms with van der Waals surface area (Å²) >= 11 is 0. The van der Waals surface area contributed by atoms with E-state index in [9.17, 15) is 14.7 Å². The van der Waals surface area contributed by atoms with Gasteiger partial charge in [0.15, 0.2) is 0 Å². The molecule has 6 nitrogen and oxygen atoms in total. The van der Waals surface area contributed by atoms with Crippen LogP contribution in [0.3, 0.4) is 0 Å². The van der Waals surface area contributed by atoms with E-state index in [0.29, 0.717) is 0 Å². The zero-order valence-corrected chi connectivity index (χ0v) is 13.8. The third-order valence-corrected chi connectivity index (χ3v) is 5.40. The highest BCUT2D eigenvalue weighted by atomic mass is 16.6. The van der Waals surface area contributed by atoms with Gasteiger partial charge in [0.05, 0.1) is 17.6 Å². The topological polar surface area (TPSA) is 85.4 Å². The third kappa shape index (κ3) is 2.78. The Morgan fingerprint density at radius 2 is 2.17 bits per heavy atom.